The fourth-order valence-corrected chi connectivity index (χ4v) is 13.0. The molecule has 0 fully saturated rings. The van der Waals surface area contributed by atoms with Gasteiger partial charge in [0.2, 0.25) is 0 Å². The van der Waals surface area contributed by atoms with Crippen LogP contribution in [0.3, 0.4) is 0 Å². The molecule has 4 aliphatic rings. The minimum absolute atomic E-state index is 0.172. The molecule has 0 radical (unpaired) electrons. The van der Waals surface area contributed by atoms with Crippen LogP contribution in [0.5, 0.6) is 0 Å². The van der Waals surface area contributed by atoms with Crippen molar-refractivity contribution in [3.05, 3.63) is 143 Å². The molecule has 6 N–H and O–H groups in total. The highest BCUT2D eigenvalue weighted by Crippen LogP contribution is 2.32. The van der Waals surface area contributed by atoms with Crippen molar-refractivity contribution in [3.8, 4) is 21.1 Å². The van der Waals surface area contributed by atoms with Gasteiger partial charge in [-0.15, -0.1) is 47.9 Å². The maximum atomic E-state index is 11.8. The summed E-state index contributed by atoms with van der Waals surface area (Å²) in [4.78, 5) is 25.0. The van der Waals surface area contributed by atoms with E-state index in [9.17, 15) is 46.4 Å². The lowest BCUT2D eigenvalue weighted by atomic mass is 10.1. The Labute approximate surface area is 582 Å². The van der Waals surface area contributed by atoms with Gasteiger partial charge in [-0.3, -0.25) is 18.9 Å². The van der Waals surface area contributed by atoms with E-state index in [2.05, 4.69) is 33.0 Å². The zero-order valence-electron chi connectivity index (χ0n) is 54.9. The van der Waals surface area contributed by atoms with Gasteiger partial charge in [0.15, 0.2) is 0 Å². The highest BCUT2D eigenvalue weighted by molar-refractivity contribution is 7.86. The van der Waals surface area contributed by atoms with Crippen LogP contribution in [0.25, 0.3) is 41.6 Å². The first kappa shape index (κ1) is 82.3. The van der Waals surface area contributed by atoms with Gasteiger partial charge >= 0.3 is 21.2 Å². The topological polar surface area (TPSA) is 386 Å². The molecule has 0 spiro atoms. The molecule has 4 aromatic carbocycles. The zero-order valence-corrected chi connectivity index (χ0v) is 59.8. The average Bonchev–Trinajstić information content (AvgIpc) is 0.793. The smallest absolute Gasteiger partial charge is 0.393 e. The molecule has 0 saturated carbocycles. The number of ether oxygens (including phenoxy) is 4. The number of hydrogen-bond acceptors (Lipinski definition) is 26. The van der Waals surface area contributed by atoms with Crippen molar-refractivity contribution < 1.29 is 90.6 Å². The Bertz CT molecular complexity index is 4280. The molecule has 98 heavy (non-hydrogen) atoms. The highest BCUT2D eigenvalue weighted by atomic mass is 32.2. The molecule has 0 amide bonds. The molecular formula is C66H86N6O20S6. The number of aromatic nitrogens is 2. The van der Waals surface area contributed by atoms with Gasteiger partial charge in [-0.05, 0) is 160 Å². The first-order chi connectivity index (χ1) is 46.8. The van der Waals surface area contributed by atoms with Crippen molar-refractivity contribution >= 4 is 95.9 Å². The van der Waals surface area contributed by atoms with Crippen molar-refractivity contribution in [1.82, 2.24) is 19.8 Å². The Hall–Kier alpha value is -6.38. The summed E-state index contributed by atoms with van der Waals surface area (Å²) in [6.45, 7) is 10.9. The number of methoxy groups -OCH3 is 2. The van der Waals surface area contributed by atoms with Crippen molar-refractivity contribution in [2.75, 3.05) is 93.1 Å². The summed E-state index contributed by atoms with van der Waals surface area (Å²) >= 11 is 3.20. The number of rotatable bonds is 36. The van der Waals surface area contributed by atoms with Crippen LogP contribution in [0.1, 0.15) is 76.3 Å². The molecule has 32 heteroatoms. The van der Waals surface area contributed by atoms with Crippen molar-refractivity contribution in [2.45, 2.75) is 112 Å². The third-order valence-corrected chi connectivity index (χ3v) is 19.1. The van der Waals surface area contributed by atoms with Crippen LogP contribution in [-0.2, 0) is 73.2 Å². The number of para-hydroxylation sites is 2. The minimum Gasteiger partial charge on any atom is -0.393 e. The Kier molecular flexibility index (Phi) is 36.4. The van der Waals surface area contributed by atoms with Gasteiger partial charge in [0.1, 0.15) is 4.90 Å². The van der Waals surface area contributed by atoms with Crippen molar-refractivity contribution in [2.24, 2.45) is 9.98 Å². The maximum Gasteiger partial charge on any atom is 0.425 e. The third-order valence-electron chi connectivity index (χ3n) is 15.1. The number of aliphatic hydroxyl groups is 4. The molecule has 26 nitrogen and oxygen atoms in total. The van der Waals surface area contributed by atoms with E-state index >= 15 is 0 Å². The van der Waals surface area contributed by atoms with E-state index in [4.69, 9.17) is 59.2 Å². The highest BCUT2D eigenvalue weighted by Gasteiger charge is 2.18. The van der Waals surface area contributed by atoms with Gasteiger partial charge < -0.3 is 39.4 Å². The van der Waals surface area contributed by atoms with Gasteiger partial charge in [-0.1, -0.05) is 50.2 Å². The largest absolute Gasteiger partial charge is 0.425 e. The van der Waals surface area contributed by atoms with Gasteiger partial charge in [0, 0.05) is 53.5 Å². The molecular weight excluding hydrogens is 1390 g/mol. The molecule has 0 saturated heterocycles. The van der Waals surface area contributed by atoms with Crippen LogP contribution >= 0.6 is 22.7 Å². The molecule has 536 valence electrons. The monoisotopic (exact) mass is 1470 g/mol. The number of aliphatic hydroxyl groups excluding tert-OH is 4. The Balaban J connectivity index is 0.000000319. The molecule has 8 rings (SSSR count). The number of benzene rings is 6. The average molecular weight is 1480 g/mol. The predicted octanol–water partition coefficient (Wildman–Crippen LogP) is 7.37. The molecule has 2 aliphatic carbocycles. The summed E-state index contributed by atoms with van der Waals surface area (Å²) in [5, 5.41) is 41.1. The standard InChI is InChI=1S/2C33H43N3O7S2.2O3S/c1-3-26(37)9-7-10-27(38)23-43-19-17-36(16-18-42-2)15-14-24-20-31-33(44-32-13-5-4-12-29(32)35-31)22-30(24)34-25-8-6-11-28(21-25)45(39,40)41;1-3-26(37)7-6-8-27(38)23-43-20-18-36(17-19-42-2)16-15-24-11-14-31-30(21-24)35-28-13-12-25(22-32(28)44-31)34-29-9-4-5-10-33(29)45(39,40)41;2*1-4(2)3/h4-6,8,11-13,20-22,26-27,37-38H,3,7,9-10,14-19,23H2,1-2H3,(H,39,40,41);4-5,9-14,21-22,26-27,37-38H,3,6-8,15-20,23H2,1-2H3,(H,39,40,41);;. The molecule has 2 aliphatic heterocycles. The second-order valence-corrected chi connectivity index (χ2v) is 28.3. The number of hydrogen-bond donors (Lipinski definition) is 6. The van der Waals surface area contributed by atoms with E-state index in [-0.39, 0.29) is 34.3 Å². The summed E-state index contributed by atoms with van der Waals surface area (Å²) < 4.78 is 141. The summed E-state index contributed by atoms with van der Waals surface area (Å²) in [5.74, 6) is 0. The lowest BCUT2D eigenvalue weighted by Gasteiger charge is -2.22. The number of nitrogens with zero attached hydrogens (tertiary/aromatic N) is 6. The van der Waals surface area contributed by atoms with E-state index in [1.54, 1.807) is 73.3 Å². The lowest BCUT2D eigenvalue weighted by Crippen LogP contribution is -2.34. The van der Waals surface area contributed by atoms with Crippen molar-refractivity contribution in [1.29, 1.82) is 0 Å². The maximum absolute atomic E-state index is 11.8. The molecule has 0 aromatic heterocycles. The van der Waals surface area contributed by atoms with Crippen LogP contribution in [0.4, 0.5) is 11.4 Å². The minimum atomic E-state index is -4.39. The Morgan fingerprint density at radius 1 is 0.520 bits per heavy atom. The number of fused-ring (bicyclic) bond motifs is 4. The third kappa shape index (κ3) is 30.6. The van der Waals surface area contributed by atoms with E-state index in [1.165, 1.54) is 23.8 Å². The van der Waals surface area contributed by atoms with Crippen LogP contribution < -0.4 is 10.7 Å². The van der Waals surface area contributed by atoms with Crippen LogP contribution in [-0.4, -0.2) is 209 Å². The van der Waals surface area contributed by atoms with Gasteiger partial charge in [0.05, 0.1) is 133 Å². The van der Waals surface area contributed by atoms with E-state index in [1.807, 2.05) is 62.4 Å². The van der Waals surface area contributed by atoms with E-state index in [0.29, 0.717) is 108 Å². The second-order valence-electron chi connectivity index (χ2n) is 22.5. The molecule has 4 unspecified atom stereocenters. The SMILES string of the molecule is CCC(O)CCCC(O)COCCN(CCOC)CCc1cc2nc3ccccc3sc-2cc1=Nc1cccc(S(=O)(=O)O)c1.CCC(O)CCCC(O)COCCN(CCOC)CCc1ccc2sc3cc(=Nc4ccccc4S(=O)(=O)O)ccc-3nc2c1.O=S(=O)=O.O=S(=O)=O. The fourth-order valence-electron chi connectivity index (χ4n) is 9.86. The molecule has 4 atom stereocenters. The van der Waals surface area contributed by atoms with Gasteiger partial charge in [0.25, 0.3) is 20.2 Å². The second kappa shape index (κ2) is 43.3. The first-order valence-corrected chi connectivity index (χ1v) is 38.0. The van der Waals surface area contributed by atoms with Gasteiger partial charge in [-0.25, -0.2) is 20.0 Å². The van der Waals surface area contributed by atoms with E-state index < -0.39 is 53.7 Å². The summed E-state index contributed by atoms with van der Waals surface area (Å²) in [5.41, 5.74) is 6.18. The normalized spacial score (nSPS) is 13.4. The lowest BCUT2D eigenvalue weighted by molar-refractivity contribution is 0.0185. The molecule has 0 bridgehead atoms. The van der Waals surface area contributed by atoms with Crippen molar-refractivity contribution in [3.63, 3.8) is 0 Å². The quantitative estimate of drug-likeness (QED) is 0.0127. The van der Waals surface area contributed by atoms with Gasteiger partial charge in [-0.2, -0.15) is 16.8 Å². The Morgan fingerprint density at radius 2 is 1.05 bits per heavy atom. The first-order valence-electron chi connectivity index (χ1n) is 31.5. The van der Waals surface area contributed by atoms with Crippen LogP contribution in [0, 0.1) is 0 Å². The zero-order chi connectivity index (χ0) is 71.6. The molecule has 2 heterocycles. The Morgan fingerprint density at radius 3 is 1.63 bits per heavy atom. The van der Waals surface area contributed by atoms with E-state index in [0.717, 1.165) is 92.5 Å². The molecule has 4 aromatic rings. The summed E-state index contributed by atoms with van der Waals surface area (Å²) in [6, 6.07) is 35.8. The predicted molar refractivity (Wildman–Crippen MR) is 373 cm³/mol. The van der Waals surface area contributed by atoms with Crippen LogP contribution in [0.2, 0.25) is 0 Å². The summed E-state index contributed by atoms with van der Waals surface area (Å²) in [6.07, 6.45) is 5.35. The fraction of sp³-hybridized carbons (Fsp3) is 0.455. The van der Waals surface area contributed by atoms with Crippen LogP contribution in [0.15, 0.2) is 141 Å². The summed E-state index contributed by atoms with van der Waals surface area (Å²) in [7, 11) is -11.6.